The van der Waals surface area contributed by atoms with Gasteiger partial charge in [0.05, 0.1) is 23.7 Å². The number of hydrogen-bond donors (Lipinski definition) is 1. The second-order valence-electron chi connectivity index (χ2n) is 10.9. The molecular formula is C29H33F3N4O4. The van der Waals surface area contributed by atoms with Gasteiger partial charge in [0.2, 0.25) is 5.91 Å². The number of alkyl halides is 3. The summed E-state index contributed by atoms with van der Waals surface area (Å²) in [5, 5.41) is 2.81. The number of hydrogen-bond acceptors (Lipinski definition) is 5. The van der Waals surface area contributed by atoms with E-state index in [2.05, 4.69) is 5.32 Å². The van der Waals surface area contributed by atoms with Crippen molar-refractivity contribution in [3.63, 3.8) is 0 Å². The number of carbonyl (C=O) groups is 4. The molecule has 40 heavy (non-hydrogen) atoms. The van der Waals surface area contributed by atoms with Crippen molar-refractivity contribution in [3.8, 4) is 0 Å². The number of benzene rings is 2. The molecule has 0 spiro atoms. The summed E-state index contributed by atoms with van der Waals surface area (Å²) < 4.78 is 40.7. The highest BCUT2D eigenvalue weighted by atomic mass is 19.4. The average molecular weight is 559 g/mol. The SMILES string of the molecule is CC(C)C[C@H](NC(=O)c1ccc(N(C)C)cc1)C(=O)N1CC[C@@H]2[C@H]1C(=O)CN2C(=O)c1ccccc1C(F)(F)F. The Labute approximate surface area is 231 Å². The molecule has 2 aliphatic rings. The number of anilines is 1. The maximum atomic E-state index is 13.7. The van der Waals surface area contributed by atoms with Crippen molar-refractivity contribution in [1.29, 1.82) is 0 Å². The van der Waals surface area contributed by atoms with Crippen LogP contribution in [0.5, 0.6) is 0 Å². The predicted molar refractivity (Wildman–Crippen MR) is 143 cm³/mol. The van der Waals surface area contributed by atoms with Crippen LogP contribution in [0, 0.1) is 5.92 Å². The van der Waals surface area contributed by atoms with Crippen LogP contribution in [0.2, 0.25) is 0 Å². The molecule has 2 aromatic rings. The van der Waals surface area contributed by atoms with E-state index in [-0.39, 0.29) is 25.4 Å². The Balaban J connectivity index is 1.53. The standard InChI is InChI=1S/C29H33F3N4O4/c1-17(2)15-22(33-26(38)18-9-11-19(12-10-18)34(3)4)28(40)35-14-13-23-25(35)24(37)16-36(23)27(39)20-7-5-6-8-21(20)29(30,31)32/h5-12,17,22-23,25H,13-16H2,1-4H3,(H,33,38)/t22-,23+,25-/m0/s1. The van der Waals surface area contributed by atoms with Crippen LogP contribution >= 0.6 is 0 Å². The highest BCUT2D eigenvalue weighted by Crippen LogP contribution is 2.36. The minimum Gasteiger partial charge on any atom is -0.378 e. The average Bonchev–Trinajstić information content (AvgIpc) is 3.48. The summed E-state index contributed by atoms with van der Waals surface area (Å²) in [5.41, 5.74) is -0.312. The van der Waals surface area contributed by atoms with Crippen molar-refractivity contribution in [3.05, 3.63) is 65.2 Å². The summed E-state index contributed by atoms with van der Waals surface area (Å²) in [6.07, 6.45) is -4.16. The molecule has 2 saturated heterocycles. The lowest BCUT2D eigenvalue weighted by Gasteiger charge is -2.29. The highest BCUT2D eigenvalue weighted by molar-refractivity contribution is 6.04. The predicted octanol–water partition coefficient (Wildman–Crippen LogP) is 3.61. The minimum atomic E-state index is -4.73. The molecular weight excluding hydrogens is 525 g/mol. The maximum Gasteiger partial charge on any atom is 0.417 e. The van der Waals surface area contributed by atoms with Crippen molar-refractivity contribution >= 4 is 29.2 Å². The number of nitrogens with one attached hydrogen (secondary N) is 1. The van der Waals surface area contributed by atoms with E-state index in [0.29, 0.717) is 12.0 Å². The zero-order valence-corrected chi connectivity index (χ0v) is 22.9. The third kappa shape index (κ3) is 5.83. The first-order chi connectivity index (χ1) is 18.8. The number of amides is 3. The number of rotatable bonds is 7. The molecule has 2 aromatic carbocycles. The van der Waals surface area contributed by atoms with Gasteiger partial charge in [0.1, 0.15) is 12.1 Å². The van der Waals surface area contributed by atoms with Crippen LogP contribution in [0.4, 0.5) is 18.9 Å². The number of Topliss-reactive ketones (excluding diaryl/α,β-unsaturated/α-hetero) is 1. The second-order valence-corrected chi connectivity index (χ2v) is 10.9. The molecule has 0 radical (unpaired) electrons. The van der Waals surface area contributed by atoms with E-state index < -0.39 is 58.9 Å². The van der Waals surface area contributed by atoms with E-state index >= 15 is 0 Å². The van der Waals surface area contributed by atoms with Gasteiger partial charge in [-0.3, -0.25) is 19.2 Å². The molecule has 0 saturated carbocycles. The third-order valence-corrected chi connectivity index (χ3v) is 7.39. The third-order valence-electron chi connectivity index (χ3n) is 7.39. The van der Waals surface area contributed by atoms with Crippen molar-refractivity contribution in [2.24, 2.45) is 5.92 Å². The number of carbonyl (C=O) groups excluding carboxylic acids is 4. The van der Waals surface area contributed by atoms with Gasteiger partial charge in [-0.25, -0.2) is 0 Å². The molecule has 0 aliphatic carbocycles. The van der Waals surface area contributed by atoms with Crippen LogP contribution in [-0.2, 0) is 15.8 Å². The molecule has 2 fully saturated rings. The minimum absolute atomic E-state index is 0.0417. The Morgan fingerprint density at radius 3 is 2.27 bits per heavy atom. The molecule has 3 atom stereocenters. The zero-order valence-electron chi connectivity index (χ0n) is 22.9. The number of fused-ring (bicyclic) bond motifs is 1. The van der Waals surface area contributed by atoms with Gasteiger partial charge in [-0.2, -0.15) is 13.2 Å². The topological polar surface area (TPSA) is 90.0 Å². The largest absolute Gasteiger partial charge is 0.417 e. The smallest absolute Gasteiger partial charge is 0.378 e. The van der Waals surface area contributed by atoms with E-state index in [1.807, 2.05) is 32.8 Å². The summed E-state index contributed by atoms with van der Waals surface area (Å²) in [7, 11) is 3.76. The van der Waals surface area contributed by atoms with Gasteiger partial charge >= 0.3 is 6.18 Å². The van der Waals surface area contributed by atoms with Gasteiger partial charge in [-0.05, 0) is 55.2 Å². The van der Waals surface area contributed by atoms with E-state index in [9.17, 15) is 32.3 Å². The Morgan fingerprint density at radius 2 is 1.68 bits per heavy atom. The molecule has 0 unspecified atom stereocenters. The van der Waals surface area contributed by atoms with Gasteiger partial charge in [0.15, 0.2) is 5.78 Å². The molecule has 4 rings (SSSR count). The van der Waals surface area contributed by atoms with Gasteiger partial charge < -0.3 is 20.0 Å². The molecule has 2 heterocycles. The fraction of sp³-hybridized carbons (Fsp3) is 0.448. The van der Waals surface area contributed by atoms with Gasteiger partial charge in [0.25, 0.3) is 11.8 Å². The first kappa shape index (κ1) is 29.1. The molecule has 3 amide bonds. The van der Waals surface area contributed by atoms with Crippen LogP contribution < -0.4 is 10.2 Å². The van der Waals surface area contributed by atoms with Gasteiger partial charge in [-0.15, -0.1) is 0 Å². The number of nitrogens with zero attached hydrogens (tertiary/aromatic N) is 3. The second kappa shape index (κ2) is 11.3. The fourth-order valence-electron chi connectivity index (χ4n) is 5.46. The first-order valence-electron chi connectivity index (χ1n) is 13.2. The summed E-state index contributed by atoms with van der Waals surface area (Å²) in [5.74, 6) is -2.14. The zero-order chi connectivity index (χ0) is 29.4. The Hall–Kier alpha value is -3.89. The van der Waals surface area contributed by atoms with E-state index in [1.54, 1.807) is 24.3 Å². The van der Waals surface area contributed by atoms with Crippen LogP contribution in [0.25, 0.3) is 0 Å². The molecule has 0 aromatic heterocycles. The Bertz CT molecular complexity index is 1290. The molecule has 2 aliphatic heterocycles. The Kier molecular flexibility index (Phi) is 8.23. The van der Waals surface area contributed by atoms with Crippen molar-refractivity contribution < 1.29 is 32.3 Å². The molecule has 11 heteroatoms. The van der Waals surface area contributed by atoms with E-state index in [1.165, 1.54) is 17.0 Å². The molecule has 8 nitrogen and oxygen atoms in total. The summed E-state index contributed by atoms with van der Waals surface area (Å²) >= 11 is 0. The number of likely N-dealkylation sites (tertiary alicyclic amines) is 2. The Morgan fingerprint density at radius 1 is 1.02 bits per heavy atom. The van der Waals surface area contributed by atoms with E-state index in [0.717, 1.165) is 22.7 Å². The normalized spacial score (nSPS) is 19.6. The van der Waals surface area contributed by atoms with Crippen molar-refractivity contribution in [1.82, 2.24) is 15.1 Å². The summed E-state index contributed by atoms with van der Waals surface area (Å²) in [6, 6.07) is 8.76. The lowest BCUT2D eigenvalue weighted by atomic mass is 10.0. The van der Waals surface area contributed by atoms with Crippen molar-refractivity contribution in [2.75, 3.05) is 32.1 Å². The highest BCUT2D eigenvalue weighted by Gasteiger charge is 2.53. The van der Waals surface area contributed by atoms with Crippen LogP contribution in [-0.4, -0.2) is 78.6 Å². The summed E-state index contributed by atoms with van der Waals surface area (Å²) in [4.78, 5) is 57.5. The van der Waals surface area contributed by atoms with Gasteiger partial charge in [-0.1, -0.05) is 26.0 Å². The lowest BCUT2D eigenvalue weighted by molar-refractivity contribution is -0.138. The molecule has 0 bridgehead atoms. The first-order valence-corrected chi connectivity index (χ1v) is 13.2. The van der Waals surface area contributed by atoms with Crippen LogP contribution in [0.15, 0.2) is 48.5 Å². The fourth-order valence-corrected chi connectivity index (χ4v) is 5.46. The number of halogens is 3. The monoisotopic (exact) mass is 558 g/mol. The van der Waals surface area contributed by atoms with Crippen LogP contribution in [0.1, 0.15) is 53.0 Å². The maximum absolute atomic E-state index is 13.7. The molecule has 1 N–H and O–H groups in total. The quantitative estimate of drug-likeness (QED) is 0.561. The molecule has 214 valence electrons. The van der Waals surface area contributed by atoms with Crippen molar-refractivity contribution in [2.45, 2.75) is 51.0 Å². The van der Waals surface area contributed by atoms with Gasteiger partial charge in [0, 0.05) is 31.9 Å². The summed E-state index contributed by atoms with van der Waals surface area (Å²) in [6.45, 7) is 3.57. The van der Waals surface area contributed by atoms with E-state index in [4.69, 9.17) is 0 Å². The number of ketones is 1. The lowest BCUT2D eigenvalue weighted by Crippen LogP contribution is -2.53. The van der Waals surface area contributed by atoms with Crippen LogP contribution in [0.3, 0.4) is 0 Å².